The summed E-state index contributed by atoms with van der Waals surface area (Å²) in [5.74, 6) is -0.228. The molecule has 3 aliphatic rings. The van der Waals surface area contributed by atoms with E-state index in [4.69, 9.17) is 4.74 Å². The molecule has 0 spiro atoms. The summed E-state index contributed by atoms with van der Waals surface area (Å²) in [5.41, 5.74) is 1.86. The van der Waals surface area contributed by atoms with E-state index in [1.165, 1.54) is 10.1 Å². The van der Waals surface area contributed by atoms with Crippen LogP contribution < -0.4 is 16.3 Å². The number of carbonyl (C=O) groups excluding carboxylic acids is 4. The number of aromatic nitrogens is 2. The van der Waals surface area contributed by atoms with Gasteiger partial charge in [0.2, 0.25) is 17.7 Å². The topological polar surface area (TPSA) is 135 Å². The lowest BCUT2D eigenvalue weighted by Crippen LogP contribution is -2.48. The molecule has 1 atom stereocenters. The quantitative estimate of drug-likeness (QED) is 0.489. The number of alkyl carbamates (subject to hydrolysis) is 1. The third kappa shape index (κ3) is 7.11. The van der Waals surface area contributed by atoms with Gasteiger partial charge in [0.05, 0.1) is 11.0 Å². The number of rotatable bonds is 6. The van der Waals surface area contributed by atoms with E-state index in [1.807, 2.05) is 31.7 Å². The van der Waals surface area contributed by atoms with Gasteiger partial charge >= 0.3 is 11.8 Å². The van der Waals surface area contributed by atoms with Crippen molar-refractivity contribution in [2.75, 3.05) is 32.7 Å². The van der Waals surface area contributed by atoms with Gasteiger partial charge in [-0.15, -0.1) is 0 Å². The van der Waals surface area contributed by atoms with Gasteiger partial charge in [-0.2, -0.15) is 0 Å². The predicted molar refractivity (Wildman–Crippen MR) is 161 cm³/mol. The summed E-state index contributed by atoms with van der Waals surface area (Å²) in [4.78, 5) is 66.4. The molecule has 1 unspecified atom stereocenters. The number of hydrogen-bond acceptors (Lipinski definition) is 7. The number of ether oxygens (including phenoxy) is 1. The molecule has 3 fully saturated rings. The number of imide groups is 1. The zero-order valence-electron chi connectivity index (χ0n) is 25.7. The maximum atomic E-state index is 13.1. The Labute approximate surface area is 251 Å². The first-order valence-corrected chi connectivity index (χ1v) is 15.4. The Kier molecular flexibility index (Phi) is 8.96. The van der Waals surface area contributed by atoms with Crippen LogP contribution in [0.1, 0.15) is 83.2 Å². The monoisotopic (exact) mass is 596 g/mol. The van der Waals surface area contributed by atoms with E-state index in [1.54, 1.807) is 11.6 Å². The van der Waals surface area contributed by atoms with Gasteiger partial charge in [0.1, 0.15) is 11.6 Å². The number of likely N-dealkylation sites (tertiary alicyclic amines) is 2. The molecule has 2 aromatic rings. The summed E-state index contributed by atoms with van der Waals surface area (Å²) in [7, 11) is 1.72. The minimum atomic E-state index is -0.689. The highest BCUT2D eigenvalue weighted by atomic mass is 16.6. The number of fused-ring (bicyclic) bond motifs is 1. The third-order valence-electron chi connectivity index (χ3n) is 8.90. The van der Waals surface area contributed by atoms with Crippen LogP contribution in [-0.2, 0) is 26.2 Å². The average Bonchev–Trinajstić information content (AvgIpc) is 3.20. The van der Waals surface area contributed by atoms with Gasteiger partial charge in [0.25, 0.3) is 0 Å². The van der Waals surface area contributed by atoms with Crippen LogP contribution in [0.5, 0.6) is 0 Å². The highest BCUT2D eigenvalue weighted by Gasteiger charge is 2.32. The van der Waals surface area contributed by atoms with Crippen LogP contribution in [0, 0.1) is 0 Å². The molecule has 4 heterocycles. The fourth-order valence-corrected chi connectivity index (χ4v) is 6.51. The molecule has 4 amide bonds. The second-order valence-corrected chi connectivity index (χ2v) is 13.1. The molecule has 5 rings (SSSR count). The SMILES string of the molecule is Cn1c(=O)n(C2CCC(=O)NC2=O)c2ccc(C3CCN(CCC(=O)N4CCC(NC(=O)OC(C)(C)C)CC4)CC3)cc21. The molecule has 1 aromatic heterocycles. The molecule has 2 N–H and O–H groups in total. The molecule has 0 radical (unpaired) electrons. The van der Waals surface area contributed by atoms with Crippen molar-refractivity contribution in [3.05, 3.63) is 34.2 Å². The number of hydrogen-bond donors (Lipinski definition) is 2. The van der Waals surface area contributed by atoms with Crippen LogP contribution in [0.25, 0.3) is 11.0 Å². The van der Waals surface area contributed by atoms with E-state index in [0.29, 0.717) is 37.4 Å². The Morgan fingerprint density at radius 1 is 0.977 bits per heavy atom. The van der Waals surface area contributed by atoms with Crippen LogP contribution in [0.4, 0.5) is 4.79 Å². The summed E-state index contributed by atoms with van der Waals surface area (Å²) in [6.45, 7) is 9.31. The molecular formula is C31H44N6O6. The summed E-state index contributed by atoms with van der Waals surface area (Å²) in [6, 6.07) is 5.37. The minimum absolute atomic E-state index is 0.0237. The average molecular weight is 597 g/mol. The van der Waals surface area contributed by atoms with Crippen molar-refractivity contribution < 1.29 is 23.9 Å². The minimum Gasteiger partial charge on any atom is -0.444 e. The fourth-order valence-electron chi connectivity index (χ4n) is 6.51. The van der Waals surface area contributed by atoms with Crippen LogP contribution in [-0.4, -0.2) is 87.1 Å². The molecular weight excluding hydrogens is 552 g/mol. The van der Waals surface area contributed by atoms with Crippen molar-refractivity contribution in [1.29, 1.82) is 0 Å². The predicted octanol–water partition coefficient (Wildman–Crippen LogP) is 2.40. The molecule has 234 valence electrons. The van der Waals surface area contributed by atoms with E-state index in [-0.39, 0.29) is 30.0 Å². The van der Waals surface area contributed by atoms with E-state index >= 15 is 0 Å². The van der Waals surface area contributed by atoms with Crippen LogP contribution in [0.2, 0.25) is 0 Å². The molecule has 0 saturated carbocycles. The first-order chi connectivity index (χ1) is 20.4. The number of aryl methyl sites for hydroxylation is 1. The number of carbonyl (C=O) groups is 4. The second-order valence-electron chi connectivity index (χ2n) is 13.1. The van der Waals surface area contributed by atoms with E-state index < -0.39 is 23.6 Å². The van der Waals surface area contributed by atoms with Gasteiger partial charge in [-0.3, -0.25) is 28.8 Å². The first-order valence-electron chi connectivity index (χ1n) is 15.4. The first kappa shape index (κ1) is 30.8. The number of piperidine rings is 3. The van der Waals surface area contributed by atoms with Gasteiger partial charge in [0, 0.05) is 45.6 Å². The van der Waals surface area contributed by atoms with Crippen LogP contribution in [0.15, 0.2) is 23.0 Å². The lowest BCUT2D eigenvalue weighted by atomic mass is 9.89. The van der Waals surface area contributed by atoms with Crippen LogP contribution >= 0.6 is 0 Å². The Balaban J connectivity index is 1.10. The highest BCUT2D eigenvalue weighted by molar-refractivity contribution is 6.00. The Bertz CT molecular complexity index is 1440. The third-order valence-corrected chi connectivity index (χ3v) is 8.90. The fraction of sp³-hybridized carbons (Fsp3) is 0.645. The molecule has 43 heavy (non-hydrogen) atoms. The molecule has 0 aliphatic carbocycles. The number of imidazole rings is 1. The lowest BCUT2D eigenvalue weighted by Gasteiger charge is -2.35. The van der Waals surface area contributed by atoms with Crippen molar-refractivity contribution in [3.8, 4) is 0 Å². The van der Waals surface area contributed by atoms with Gasteiger partial charge in [0.15, 0.2) is 0 Å². The van der Waals surface area contributed by atoms with E-state index in [0.717, 1.165) is 50.8 Å². The molecule has 12 heteroatoms. The van der Waals surface area contributed by atoms with Crippen LogP contribution in [0.3, 0.4) is 0 Å². The number of nitrogens with zero attached hydrogens (tertiary/aromatic N) is 4. The zero-order chi connectivity index (χ0) is 30.9. The summed E-state index contributed by atoms with van der Waals surface area (Å²) in [6.07, 6.45) is 3.98. The van der Waals surface area contributed by atoms with Gasteiger partial charge in [-0.25, -0.2) is 9.59 Å². The van der Waals surface area contributed by atoms with Gasteiger partial charge in [-0.05, 0) is 89.6 Å². The van der Waals surface area contributed by atoms with Crippen molar-refractivity contribution in [1.82, 2.24) is 29.6 Å². The smallest absolute Gasteiger partial charge is 0.407 e. The molecule has 12 nitrogen and oxygen atoms in total. The molecule has 3 aliphatic heterocycles. The van der Waals surface area contributed by atoms with E-state index in [9.17, 15) is 24.0 Å². The Morgan fingerprint density at radius 3 is 2.33 bits per heavy atom. The Hall–Kier alpha value is -3.67. The lowest BCUT2D eigenvalue weighted by molar-refractivity contribution is -0.136. The Morgan fingerprint density at radius 2 is 1.67 bits per heavy atom. The summed E-state index contributed by atoms with van der Waals surface area (Å²) < 4.78 is 8.44. The van der Waals surface area contributed by atoms with E-state index in [2.05, 4.69) is 27.7 Å². The van der Waals surface area contributed by atoms with Crippen molar-refractivity contribution in [2.24, 2.45) is 7.05 Å². The summed E-state index contributed by atoms with van der Waals surface area (Å²) >= 11 is 0. The van der Waals surface area contributed by atoms with Crippen molar-refractivity contribution in [3.63, 3.8) is 0 Å². The second kappa shape index (κ2) is 12.5. The van der Waals surface area contributed by atoms with Crippen molar-refractivity contribution >= 4 is 34.8 Å². The molecule has 0 bridgehead atoms. The summed E-state index contributed by atoms with van der Waals surface area (Å²) in [5, 5.41) is 5.27. The number of benzene rings is 1. The molecule has 1 aromatic carbocycles. The zero-order valence-corrected chi connectivity index (χ0v) is 25.7. The normalized spacial score (nSPS) is 21.2. The maximum absolute atomic E-state index is 13.1. The number of nitrogens with one attached hydrogen (secondary N) is 2. The van der Waals surface area contributed by atoms with Crippen molar-refractivity contribution in [2.45, 2.75) is 89.3 Å². The highest BCUT2D eigenvalue weighted by Crippen LogP contribution is 2.31. The van der Waals surface area contributed by atoms with Gasteiger partial charge in [-0.1, -0.05) is 6.07 Å². The number of amides is 4. The largest absolute Gasteiger partial charge is 0.444 e. The van der Waals surface area contributed by atoms with Gasteiger partial charge < -0.3 is 19.9 Å². The standard InChI is InChI=1S/C31H44N6O6/c1-31(2,3)43-29(41)32-22-11-17-36(18-12-22)27(39)13-16-35-14-9-20(10-15-35)21-5-6-23-25(19-21)34(4)30(42)37(23)24-7-8-26(38)33-28(24)40/h5-6,19-20,22,24H,7-18H2,1-4H3,(H,32,41)(H,33,38,40). The maximum Gasteiger partial charge on any atom is 0.407 e. The molecule has 3 saturated heterocycles.